The Hall–Kier alpha value is -0.650. The number of rotatable bonds is 3. The molecule has 0 amide bonds. The van der Waals surface area contributed by atoms with Crippen molar-refractivity contribution in [2.75, 3.05) is 4.43 Å². The van der Waals surface area contributed by atoms with Crippen LogP contribution in [0, 0.1) is 10.1 Å². The van der Waals surface area contributed by atoms with E-state index >= 15 is 0 Å². The molecule has 0 aliphatic carbocycles. The summed E-state index contributed by atoms with van der Waals surface area (Å²) < 4.78 is 0.985. The molecule has 0 fully saturated rings. The van der Waals surface area contributed by atoms with Gasteiger partial charge in [0.15, 0.2) is 0 Å². The number of halogens is 1. The van der Waals surface area contributed by atoms with Gasteiger partial charge in [-0.1, -0.05) is 34.7 Å². The lowest BCUT2D eigenvalue weighted by Crippen LogP contribution is -1.90. The van der Waals surface area contributed by atoms with Crippen molar-refractivity contribution in [3.05, 3.63) is 39.9 Å². The summed E-state index contributed by atoms with van der Waals surface area (Å²) in [5.74, 6) is 0. The summed E-state index contributed by atoms with van der Waals surface area (Å²) in [4.78, 5) is 10.00. The van der Waals surface area contributed by atoms with Gasteiger partial charge < -0.3 is 0 Å². The van der Waals surface area contributed by atoms with Crippen LogP contribution in [0.5, 0.6) is 0 Å². The zero-order chi connectivity index (χ0) is 8.97. The first-order valence-corrected chi connectivity index (χ1v) is 5.06. The molecule has 3 nitrogen and oxygen atoms in total. The van der Waals surface area contributed by atoms with Gasteiger partial charge in [-0.25, -0.2) is 0 Å². The van der Waals surface area contributed by atoms with Gasteiger partial charge in [0.2, 0.25) is 0 Å². The van der Waals surface area contributed by atoms with Crippen LogP contribution >= 0.6 is 22.6 Å². The maximum atomic E-state index is 10.4. The predicted molar refractivity (Wildman–Crippen MR) is 55.7 cm³/mol. The highest BCUT2D eigenvalue weighted by Gasteiger charge is 2.04. The van der Waals surface area contributed by atoms with Crippen molar-refractivity contribution in [2.24, 2.45) is 0 Å². The van der Waals surface area contributed by atoms with Crippen LogP contribution < -0.4 is 0 Å². The molecule has 0 aromatic heterocycles. The summed E-state index contributed by atoms with van der Waals surface area (Å²) in [7, 11) is 0. The molecule has 64 valence electrons. The van der Waals surface area contributed by atoms with E-state index < -0.39 is 0 Å². The fraction of sp³-hybridized carbons (Fsp3) is 0.250. The number of nitro groups is 1. The van der Waals surface area contributed by atoms with Gasteiger partial charge in [-0.2, -0.15) is 0 Å². The number of nitro benzene ring substituents is 1. The van der Waals surface area contributed by atoms with Crippen LogP contribution in [-0.4, -0.2) is 9.35 Å². The smallest absolute Gasteiger partial charge is 0.258 e. The maximum absolute atomic E-state index is 10.4. The van der Waals surface area contributed by atoms with Crippen molar-refractivity contribution in [1.82, 2.24) is 0 Å². The first-order chi connectivity index (χ1) is 5.74. The molecular weight excluding hydrogens is 269 g/mol. The van der Waals surface area contributed by atoms with Crippen LogP contribution in [-0.2, 0) is 6.42 Å². The fourth-order valence-electron chi connectivity index (χ4n) is 0.935. The van der Waals surface area contributed by atoms with Crippen molar-refractivity contribution in [3.63, 3.8) is 0 Å². The third-order valence-corrected chi connectivity index (χ3v) is 2.04. The van der Waals surface area contributed by atoms with Crippen LogP contribution in [0.2, 0.25) is 0 Å². The van der Waals surface area contributed by atoms with Crippen molar-refractivity contribution in [3.8, 4) is 0 Å². The average Bonchev–Trinajstić information content (AvgIpc) is 2.05. The minimum atomic E-state index is -0.364. The summed E-state index contributed by atoms with van der Waals surface area (Å²) in [6, 6.07) is 6.76. The molecule has 0 spiro atoms. The van der Waals surface area contributed by atoms with Crippen LogP contribution in [0.1, 0.15) is 5.56 Å². The molecular formula is C8H8INO2. The van der Waals surface area contributed by atoms with Crippen LogP contribution in [0.15, 0.2) is 24.3 Å². The van der Waals surface area contributed by atoms with E-state index in [2.05, 4.69) is 22.6 Å². The van der Waals surface area contributed by atoms with E-state index in [9.17, 15) is 10.1 Å². The summed E-state index contributed by atoms with van der Waals surface area (Å²) in [6.07, 6.45) is 0.891. The van der Waals surface area contributed by atoms with Crippen LogP contribution in [0.3, 0.4) is 0 Å². The first-order valence-electron chi connectivity index (χ1n) is 3.53. The Kier molecular flexibility index (Phi) is 3.46. The quantitative estimate of drug-likeness (QED) is 0.369. The van der Waals surface area contributed by atoms with Crippen LogP contribution in [0.25, 0.3) is 0 Å². The van der Waals surface area contributed by atoms with E-state index in [1.54, 1.807) is 12.1 Å². The van der Waals surface area contributed by atoms with Gasteiger partial charge in [0.25, 0.3) is 5.69 Å². The molecule has 0 aliphatic rings. The second-order valence-electron chi connectivity index (χ2n) is 2.37. The van der Waals surface area contributed by atoms with E-state index in [1.807, 2.05) is 6.07 Å². The molecule has 12 heavy (non-hydrogen) atoms. The highest BCUT2D eigenvalue weighted by molar-refractivity contribution is 14.1. The third kappa shape index (κ3) is 2.44. The monoisotopic (exact) mass is 277 g/mol. The van der Waals surface area contributed by atoms with Gasteiger partial charge in [-0.15, -0.1) is 0 Å². The summed E-state index contributed by atoms with van der Waals surface area (Å²) >= 11 is 2.25. The van der Waals surface area contributed by atoms with Gasteiger partial charge in [0, 0.05) is 16.6 Å². The Bertz CT molecular complexity index is 288. The summed E-state index contributed by atoms with van der Waals surface area (Å²) in [6.45, 7) is 0. The second kappa shape index (κ2) is 4.39. The number of alkyl halides is 1. The van der Waals surface area contributed by atoms with E-state index in [1.165, 1.54) is 6.07 Å². The molecule has 0 radical (unpaired) electrons. The summed E-state index contributed by atoms with van der Waals surface area (Å²) in [5, 5.41) is 10.4. The molecule has 1 aromatic carbocycles. The van der Waals surface area contributed by atoms with Gasteiger partial charge in [-0.3, -0.25) is 10.1 Å². The molecule has 0 atom stereocenters. The highest BCUT2D eigenvalue weighted by Crippen LogP contribution is 2.13. The van der Waals surface area contributed by atoms with Gasteiger partial charge in [-0.05, 0) is 12.0 Å². The molecule has 0 heterocycles. The maximum Gasteiger partial charge on any atom is 0.269 e. The van der Waals surface area contributed by atoms with Crippen molar-refractivity contribution in [1.29, 1.82) is 0 Å². The Labute approximate surface area is 84.1 Å². The molecule has 0 unspecified atom stereocenters. The minimum Gasteiger partial charge on any atom is -0.258 e. The van der Waals surface area contributed by atoms with Crippen molar-refractivity contribution in [2.45, 2.75) is 6.42 Å². The normalized spacial score (nSPS) is 9.75. The minimum absolute atomic E-state index is 0.178. The van der Waals surface area contributed by atoms with Crippen LogP contribution in [0.4, 0.5) is 5.69 Å². The van der Waals surface area contributed by atoms with E-state index in [0.29, 0.717) is 0 Å². The van der Waals surface area contributed by atoms with Gasteiger partial charge in [0.1, 0.15) is 0 Å². The van der Waals surface area contributed by atoms with Gasteiger partial charge in [0.05, 0.1) is 4.92 Å². The molecule has 0 aliphatic heterocycles. The van der Waals surface area contributed by atoms with Gasteiger partial charge >= 0.3 is 0 Å². The zero-order valence-electron chi connectivity index (χ0n) is 6.37. The lowest BCUT2D eigenvalue weighted by Gasteiger charge is -1.96. The molecule has 0 bridgehead atoms. The third-order valence-electron chi connectivity index (χ3n) is 1.50. The largest absolute Gasteiger partial charge is 0.269 e. The van der Waals surface area contributed by atoms with Crippen molar-refractivity contribution < 1.29 is 4.92 Å². The Morgan fingerprint density at radius 2 is 2.25 bits per heavy atom. The lowest BCUT2D eigenvalue weighted by atomic mass is 10.1. The fourth-order valence-corrected chi connectivity index (χ4v) is 1.56. The standard InChI is InChI=1S/C8H8INO2/c9-5-4-7-2-1-3-8(6-7)10(11)12/h1-3,6H,4-5H2. The average molecular weight is 277 g/mol. The van der Waals surface area contributed by atoms with E-state index in [-0.39, 0.29) is 10.6 Å². The molecule has 4 heteroatoms. The Morgan fingerprint density at radius 3 is 2.83 bits per heavy atom. The number of hydrogen-bond acceptors (Lipinski definition) is 2. The highest BCUT2D eigenvalue weighted by atomic mass is 127. The zero-order valence-corrected chi connectivity index (χ0v) is 8.52. The lowest BCUT2D eigenvalue weighted by molar-refractivity contribution is -0.384. The van der Waals surface area contributed by atoms with E-state index in [0.717, 1.165) is 16.4 Å². The van der Waals surface area contributed by atoms with Crippen molar-refractivity contribution >= 4 is 28.3 Å². The SMILES string of the molecule is O=[N+]([O-])c1cccc(CCI)c1. The first kappa shape index (κ1) is 9.44. The predicted octanol–water partition coefficient (Wildman–Crippen LogP) is 2.57. The summed E-state index contributed by atoms with van der Waals surface area (Å²) in [5.41, 5.74) is 1.20. The number of nitrogens with zero attached hydrogens (tertiary/aromatic N) is 1. The number of non-ortho nitro benzene ring substituents is 1. The Balaban J connectivity index is 2.88. The molecule has 0 N–H and O–H groups in total. The molecule has 0 saturated carbocycles. The molecule has 1 aromatic rings. The molecule has 0 saturated heterocycles. The van der Waals surface area contributed by atoms with E-state index in [4.69, 9.17) is 0 Å². The number of hydrogen-bond donors (Lipinski definition) is 0. The second-order valence-corrected chi connectivity index (χ2v) is 3.44. The number of aryl methyl sites for hydroxylation is 1. The molecule has 1 rings (SSSR count). The topological polar surface area (TPSA) is 43.1 Å². The number of benzene rings is 1. The Morgan fingerprint density at radius 1 is 1.50 bits per heavy atom.